The molecule has 14 heavy (non-hydrogen) atoms. The Morgan fingerprint density at radius 3 is 2.50 bits per heavy atom. The van der Waals surface area contributed by atoms with Crippen LogP contribution in [0.1, 0.15) is 45.4 Å². The molecule has 2 fully saturated rings. The van der Waals surface area contributed by atoms with Crippen molar-refractivity contribution in [3.8, 4) is 0 Å². The molecule has 2 aliphatic rings. The van der Waals surface area contributed by atoms with Gasteiger partial charge in [0.15, 0.2) is 0 Å². The zero-order chi connectivity index (χ0) is 10.2. The van der Waals surface area contributed by atoms with Crippen LogP contribution in [0, 0.1) is 5.41 Å². The lowest BCUT2D eigenvalue weighted by Crippen LogP contribution is -2.44. The highest BCUT2D eigenvalue weighted by molar-refractivity contribution is 5.78. The van der Waals surface area contributed by atoms with Crippen LogP contribution in [-0.2, 0) is 9.53 Å². The molecule has 0 aromatic carbocycles. The summed E-state index contributed by atoms with van der Waals surface area (Å²) < 4.78 is 5.42. The Morgan fingerprint density at radius 1 is 1.36 bits per heavy atom. The average Bonchev–Trinajstić information content (AvgIpc) is 2.41. The molecule has 80 valence electrons. The number of nitrogens with two attached hydrogens (primary N) is 1. The smallest absolute Gasteiger partial charge is 0.313 e. The van der Waals surface area contributed by atoms with E-state index in [1.807, 2.05) is 6.92 Å². The maximum absolute atomic E-state index is 11.9. The van der Waals surface area contributed by atoms with Crippen molar-refractivity contribution in [2.45, 2.75) is 57.6 Å². The van der Waals surface area contributed by atoms with Crippen molar-refractivity contribution in [1.29, 1.82) is 0 Å². The molecule has 0 radical (unpaired) electrons. The number of carbonyl (C=O) groups is 1. The molecule has 3 heteroatoms. The van der Waals surface area contributed by atoms with Crippen LogP contribution in [0.5, 0.6) is 0 Å². The molecule has 2 saturated carbocycles. The molecule has 0 amide bonds. The largest absolute Gasteiger partial charge is 0.462 e. The maximum atomic E-state index is 11.9. The molecule has 2 atom stereocenters. The van der Waals surface area contributed by atoms with Crippen LogP contribution in [0.15, 0.2) is 0 Å². The number of carbonyl (C=O) groups excluding carboxylic acids is 1. The van der Waals surface area contributed by atoms with Crippen LogP contribution < -0.4 is 5.73 Å². The summed E-state index contributed by atoms with van der Waals surface area (Å²) in [6.07, 6.45) is 6.36. The predicted octanol–water partition coefficient (Wildman–Crippen LogP) is 1.60. The molecule has 3 nitrogen and oxygen atoms in total. The Bertz CT molecular complexity index is 237. The molecule has 0 spiro atoms. The first kappa shape index (κ1) is 9.97. The number of hydrogen-bond acceptors (Lipinski definition) is 3. The quantitative estimate of drug-likeness (QED) is 0.684. The standard InChI is InChI=1S/C11H19NO2/c1-11(7-3-6-9(11)12)10(13)14-8-4-2-5-8/h8-9H,2-7,12H2,1H3. The molecular formula is C11H19NO2. The molecule has 0 aliphatic heterocycles. The van der Waals surface area contributed by atoms with Crippen molar-refractivity contribution in [3.05, 3.63) is 0 Å². The van der Waals surface area contributed by atoms with Crippen LogP contribution in [-0.4, -0.2) is 18.1 Å². The fraction of sp³-hybridized carbons (Fsp3) is 0.909. The minimum atomic E-state index is -0.407. The zero-order valence-electron chi connectivity index (χ0n) is 8.79. The van der Waals surface area contributed by atoms with Gasteiger partial charge in [0.25, 0.3) is 0 Å². The summed E-state index contributed by atoms with van der Waals surface area (Å²) in [4.78, 5) is 11.9. The van der Waals surface area contributed by atoms with Gasteiger partial charge in [-0.3, -0.25) is 4.79 Å². The van der Waals surface area contributed by atoms with Gasteiger partial charge in [-0.2, -0.15) is 0 Å². The van der Waals surface area contributed by atoms with E-state index in [9.17, 15) is 4.79 Å². The topological polar surface area (TPSA) is 52.3 Å². The highest BCUT2D eigenvalue weighted by Gasteiger charge is 2.45. The first-order valence-corrected chi connectivity index (χ1v) is 5.59. The van der Waals surface area contributed by atoms with Gasteiger partial charge >= 0.3 is 5.97 Å². The fourth-order valence-electron chi connectivity index (χ4n) is 2.22. The van der Waals surface area contributed by atoms with Gasteiger partial charge < -0.3 is 10.5 Å². The van der Waals surface area contributed by atoms with E-state index < -0.39 is 5.41 Å². The molecule has 2 N–H and O–H groups in total. The molecule has 0 aromatic heterocycles. The Labute approximate surface area is 85.0 Å². The van der Waals surface area contributed by atoms with Gasteiger partial charge in [0.2, 0.25) is 0 Å². The van der Waals surface area contributed by atoms with E-state index in [1.54, 1.807) is 0 Å². The van der Waals surface area contributed by atoms with E-state index in [2.05, 4.69) is 0 Å². The molecule has 2 aliphatic carbocycles. The van der Waals surface area contributed by atoms with E-state index in [-0.39, 0.29) is 18.1 Å². The lowest BCUT2D eigenvalue weighted by Gasteiger charge is -2.32. The number of ether oxygens (including phenoxy) is 1. The first-order chi connectivity index (χ1) is 6.63. The lowest BCUT2D eigenvalue weighted by atomic mass is 9.85. The van der Waals surface area contributed by atoms with Gasteiger partial charge in [-0.15, -0.1) is 0 Å². The summed E-state index contributed by atoms with van der Waals surface area (Å²) in [7, 11) is 0. The van der Waals surface area contributed by atoms with E-state index in [4.69, 9.17) is 10.5 Å². The van der Waals surface area contributed by atoms with Crippen molar-refractivity contribution in [1.82, 2.24) is 0 Å². The summed E-state index contributed by atoms with van der Waals surface area (Å²) >= 11 is 0. The van der Waals surface area contributed by atoms with E-state index >= 15 is 0 Å². The van der Waals surface area contributed by atoms with Gasteiger partial charge in [0.05, 0.1) is 5.41 Å². The molecule has 0 heterocycles. The van der Waals surface area contributed by atoms with Gasteiger partial charge in [-0.25, -0.2) is 0 Å². The van der Waals surface area contributed by atoms with Gasteiger partial charge in [0.1, 0.15) is 6.10 Å². The third-order valence-corrected chi connectivity index (χ3v) is 3.82. The van der Waals surface area contributed by atoms with Gasteiger partial charge in [-0.05, 0) is 39.0 Å². The predicted molar refractivity (Wildman–Crippen MR) is 53.7 cm³/mol. The third-order valence-electron chi connectivity index (χ3n) is 3.82. The van der Waals surface area contributed by atoms with Crippen LogP contribution in [0.2, 0.25) is 0 Å². The summed E-state index contributed by atoms with van der Waals surface area (Å²) in [5.41, 5.74) is 5.54. The second-order valence-electron chi connectivity index (χ2n) is 4.87. The molecule has 0 aromatic rings. The summed E-state index contributed by atoms with van der Waals surface area (Å²) in [6, 6.07) is -0.00456. The van der Waals surface area contributed by atoms with Crippen molar-refractivity contribution >= 4 is 5.97 Å². The summed E-state index contributed by atoms with van der Waals surface area (Å²) in [5.74, 6) is -0.0628. The van der Waals surface area contributed by atoms with Crippen LogP contribution >= 0.6 is 0 Å². The van der Waals surface area contributed by atoms with E-state index in [0.29, 0.717) is 0 Å². The Kier molecular flexibility index (Phi) is 2.52. The van der Waals surface area contributed by atoms with Crippen molar-refractivity contribution in [2.75, 3.05) is 0 Å². The lowest BCUT2D eigenvalue weighted by molar-refractivity contribution is -0.165. The zero-order valence-corrected chi connectivity index (χ0v) is 8.79. The third kappa shape index (κ3) is 1.54. The number of hydrogen-bond donors (Lipinski definition) is 1. The molecule has 0 saturated heterocycles. The maximum Gasteiger partial charge on any atom is 0.313 e. The Morgan fingerprint density at radius 2 is 2.07 bits per heavy atom. The van der Waals surface area contributed by atoms with Crippen LogP contribution in [0.4, 0.5) is 0 Å². The Balaban J connectivity index is 1.94. The monoisotopic (exact) mass is 197 g/mol. The van der Waals surface area contributed by atoms with Crippen molar-refractivity contribution in [3.63, 3.8) is 0 Å². The second-order valence-corrected chi connectivity index (χ2v) is 4.87. The van der Waals surface area contributed by atoms with Crippen molar-refractivity contribution < 1.29 is 9.53 Å². The minimum Gasteiger partial charge on any atom is -0.462 e. The molecule has 2 rings (SSSR count). The molecule has 2 unspecified atom stereocenters. The first-order valence-electron chi connectivity index (χ1n) is 5.59. The average molecular weight is 197 g/mol. The van der Waals surface area contributed by atoms with E-state index in [0.717, 1.165) is 32.1 Å². The molecular weight excluding hydrogens is 178 g/mol. The number of esters is 1. The minimum absolute atomic E-state index is 0.00456. The summed E-state index contributed by atoms with van der Waals surface area (Å²) in [5, 5.41) is 0. The van der Waals surface area contributed by atoms with E-state index in [1.165, 1.54) is 6.42 Å². The fourth-order valence-corrected chi connectivity index (χ4v) is 2.22. The highest BCUT2D eigenvalue weighted by atomic mass is 16.5. The van der Waals surface area contributed by atoms with Crippen LogP contribution in [0.3, 0.4) is 0 Å². The second kappa shape index (κ2) is 3.54. The highest BCUT2D eigenvalue weighted by Crippen LogP contribution is 2.39. The molecule has 0 bridgehead atoms. The van der Waals surface area contributed by atoms with Gasteiger partial charge in [0, 0.05) is 6.04 Å². The van der Waals surface area contributed by atoms with Crippen molar-refractivity contribution in [2.24, 2.45) is 11.1 Å². The number of rotatable bonds is 2. The SMILES string of the molecule is CC1(C(=O)OC2CCC2)CCCC1N. The normalized spacial score (nSPS) is 38.0. The summed E-state index contributed by atoms with van der Waals surface area (Å²) in [6.45, 7) is 1.95. The van der Waals surface area contributed by atoms with Crippen LogP contribution in [0.25, 0.3) is 0 Å². The Hall–Kier alpha value is -0.570. The van der Waals surface area contributed by atoms with Gasteiger partial charge in [-0.1, -0.05) is 6.42 Å².